The number of rotatable bonds is 6. The first-order valence-electron chi connectivity index (χ1n) is 5.44. The molecule has 0 radical (unpaired) electrons. The lowest BCUT2D eigenvalue weighted by atomic mass is 10.2. The normalized spacial score (nSPS) is 10.1. The van der Waals surface area contributed by atoms with Crippen molar-refractivity contribution in [3.8, 4) is 0 Å². The number of anilines is 2. The van der Waals surface area contributed by atoms with Gasteiger partial charge in [0.25, 0.3) is 5.69 Å². The second-order valence-corrected chi connectivity index (χ2v) is 4.06. The van der Waals surface area contributed by atoms with Gasteiger partial charge in [-0.2, -0.15) is 0 Å². The third kappa shape index (κ3) is 4.08. The Morgan fingerprint density at radius 3 is 2.74 bits per heavy atom. The number of halogens is 1. The van der Waals surface area contributed by atoms with Gasteiger partial charge in [0, 0.05) is 26.6 Å². The zero-order chi connectivity index (χ0) is 14.4. The standard InChI is InChI=1S/C11H14ClN3O4/c1-7(16)14-11-8(13-5-6-19-2)3-4-9(10(11)12)15(17)18/h3-4,13H,5-6H2,1-2H3,(H,14,16). The van der Waals surface area contributed by atoms with Gasteiger partial charge in [0.05, 0.1) is 22.9 Å². The first-order chi connectivity index (χ1) is 8.97. The van der Waals surface area contributed by atoms with Crippen molar-refractivity contribution >= 4 is 34.6 Å². The summed E-state index contributed by atoms with van der Waals surface area (Å²) in [5.41, 5.74) is 0.435. The lowest BCUT2D eigenvalue weighted by Gasteiger charge is -2.13. The van der Waals surface area contributed by atoms with Crippen LogP contribution in [0.3, 0.4) is 0 Å². The molecule has 0 spiro atoms. The van der Waals surface area contributed by atoms with Gasteiger partial charge in [0.15, 0.2) is 0 Å². The van der Waals surface area contributed by atoms with Crippen molar-refractivity contribution in [1.29, 1.82) is 0 Å². The van der Waals surface area contributed by atoms with Gasteiger partial charge in [-0.15, -0.1) is 0 Å². The molecule has 0 atom stereocenters. The first-order valence-corrected chi connectivity index (χ1v) is 5.82. The maximum atomic E-state index is 11.1. The molecule has 104 valence electrons. The Morgan fingerprint density at radius 2 is 2.21 bits per heavy atom. The van der Waals surface area contributed by atoms with Gasteiger partial charge in [-0.1, -0.05) is 11.6 Å². The van der Waals surface area contributed by atoms with E-state index in [2.05, 4.69) is 10.6 Å². The summed E-state index contributed by atoms with van der Waals surface area (Å²) in [6, 6.07) is 2.77. The van der Waals surface area contributed by atoms with E-state index >= 15 is 0 Å². The number of methoxy groups -OCH3 is 1. The number of nitrogens with zero attached hydrogens (tertiary/aromatic N) is 1. The van der Waals surface area contributed by atoms with Crippen molar-refractivity contribution < 1.29 is 14.5 Å². The van der Waals surface area contributed by atoms with Crippen molar-refractivity contribution in [2.45, 2.75) is 6.92 Å². The highest BCUT2D eigenvalue weighted by molar-refractivity contribution is 6.36. The van der Waals surface area contributed by atoms with Gasteiger partial charge in [0.1, 0.15) is 5.02 Å². The fourth-order valence-corrected chi connectivity index (χ4v) is 1.72. The monoisotopic (exact) mass is 287 g/mol. The number of nitro groups is 1. The van der Waals surface area contributed by atoms with Crippen LogP contribution in [0.1, 0.15) is 6.92 Å². The molecule has 1 aromatic carbocycles. The molecule has 7 nitrogen and oxygen atoms in total. The smallest absolute Gasteiger partial charge is 0.290 e. The minimum atomic E-state index is -0.605. The molecule has 8 heteroatoms. The van der Waals surface area contributed by atoms with Crippen LogP contribution in [0.25, 0.3) is 0 Å². The third-order valence-corrected chi connectivity index (χ3v) is 2.62. The van der Waals surface area contributed by atoms with Crippen molar-refractivity contribution in [2.75, 3.05) is 30.9 Å². The van der Waals surface area contributed by atoms with Gasteiger partial charge in [-0.05, 0) is 6.07 Å². The van der Waals surface area contributed by atoms with Crippen LogP contribution in [0, 0.1) is 10.1 Å². The number of amides is 1. The van der Waals surface area contributed by atoms with Crippen LogP contribution in [-0.4, -0.2) is 31.1 Å². The van der Waals surface area contributed by atoms with E-state index in [0.29, 0.717) is 18.8 Å². The molecule has 2 N–H and O–H groups in total. The number of benzene rings is 1. The topological polar surface area (TPSA) is 93.5 Å². The fraction of sp³-hybridized carbons (Fsp3) is 0.364. The molecule has 19 heavy (non-hydrogen) atoms. The predicted octanol–water partition coefficient (Wildman–Crippen LogP) is 2.26. The second-order valence-electron chi connectivity index (χ2n) is 3.68. The molecule has 1 aromatic rings. The molecule has 0 bridgehead atoms. The highest BCUT2D eigenvalue weighted by Crippen LogP contribution is 2.37. The summed E-state index contributed by atoms with van der Waals surface area (Å²) in [5, 5.41) is 16.2. The summed E-state index contributed by atoms with van der Waals surface area (Å²) in [6.07, 6.45) is 0. The molecule has 0 saturated heterocycles. The molecule has 0 aliphatic carbocycles. The van der Waals surface area contributed by atoms with Crippen LogP contribution < -0.4 is 10.6 Å². The summed E-state index contributed by atoms with van der Waals surface area (Å²) in [6.45, 7) is 2.24. The number of carbonyl (C=O) groups excluding carboxylic acids is 1. The first kappa shape index (κ1) is 15.2. The quantitative estimate of drug-likeness (QED) is 0.475. The average Bonchev–Trinajstić information content (AvgIpc) is 2.32. The van der Waals surface area contributed by atoms with Crippen LogP contribution in [0.2, 0.25) is 5.02 Å². The molecule has 1 rings (SSSR count). The molecule has 0 aromatic heterocycles. The van der Waals surface area contributed by atoms with Crippen LogP contribution in [0.4, 0.5) is 17.1 Å². The number of carbonyl (C=O) groups is 1. The molecule has 0 aliphatic rings. The van der Waals surface area contributed by atoms with E-state index in [1.54, 1.807) is 7.11 Å². The summed E-state index contributed by atoms with van der Waals surface area (Å²) in [4.78, 5) is 21.3. The highest BCUT2D eigenvalue weighted by Gasteiger charge is 2.19. The predicted molar refractivity (Wildman–Crippen MR) is 72.8 cm³/mol. The fourth-order valence-electron chi connectivity index (χ4n) is 1.44. The molecule has 0 fully saturated rings. The minimum Gasteiger partial charge on any atom is -0.383 e. The summed E-state index contributed by atoms with van der Waals surface area (Å²) in [5.74, 6) is -0.364. The third-order valence-electron chi connectivity index (χ3n) is 2.24. The maximum absolute atomic E-state index is 11.1. The van der Waals surface area contributed by atoms with E-state index in [-0.39, 0.29) is 22.3 Å². The van der Waals surface area contributed by atoms with E-state index < -0.39 is 4.92 Å². The van der Waals surface area contributed by atoms with Crippen LogP contribution in [-0.2, 0) is 9.53 Å². The van der Waals surface area contributed by atoms with E-state index in [1.165, 1.54) is 19.1 Å². The molecular weight excluding hydrogens is 274 g/mol. The lowest BCUT2D eigenvalue weighted by Crippen LogP contribution is -2.13. The van der Waals surface area contributed by atoms with E-state index in [0.717, 1.165) is 0 Å². The van der Waals surface area contributed by atoms with Crippen LogP contribution >= 0.6 is 11.6 Å². The number of ether oxygens (including phenoxy) is 1. The van der Waals surface area contributed by atoms with E-state index in [4.69, 9.17) is 16.3 Å². The Morgan fingerprint density at radius 1 is 1.53 bits per heavy atom. The zero-order valence-corrected chi connectivity index (χ0v) is 11.3. The molecular formula is C11H14ClN3O4. The SMILES string of the molecule is COCCNc1ccc([N+](=O)[O-])c(Cl)c1NC(C)=O. The van der Waals surface area contributed by atoms with Gasteiger partial charge in [-0.3, -0.25) is 14.9 Å². The van der Waals surface area contributed by atoms with E-state index in [9.17, 15) is 14.9 Å². The number of nitrogens with one attached hydrogen (secondary N) is 2. The summed E-state index contributed by atoms with van der Waals surface area (Å²) >= 11 is 5.94. The van der Waals surface area contributed by atoms with Gasteiger partial charge >= 0.3 is 0 Å². The molecule has 1 amide bonds. The van der Waals surface area contributed by atoms with E-state index in [1.807, 2.05) is 0 Å². The molecule has 0 saturated carbocycles. The molecule has 0 unspecified atom stereocenters. The van der Waals surface area contributed by atoms with Crippen molar-refractivity contribution in [3.63, 3.8) is 0 Å². The highest BCUT2D eigenvalue weighted by atomic mass is 35.5. The Hall–Kier alpha value is -1.86. The minimum absolute atomic E-state index is 0.109. The maximum Gasteiger partial charge on any atom is 0.290 e. The van der Waals surface area contributed by atoms with Gasteiger partial charge in [0.2, 0.25) is 5.91 Å². The number of nitro benzene ring substituents is 1. The Labute approximate surface area is 115 Å². The Kier molecular flexibility index (Phi) is 5.53. The molecule has 0 heterocycles. The Balaban J connectivity index is 3.11. The lowest BCUT2D eigenvalue weighted by molar-refractivity contribution is -0.384. The number of hydrogen-bond donors (Lipinski definition) is 2. The van der Waals surface area contributed by atoms with Crippen LogP contribution in [0.15, 0.2) is 12.1 Å². The van der Waals surface area contributed by atoms with Crippen molar-refractivity contribution in [3.05, 3.63) is 27.3 Å². The summed E-state index contributed by atoms with van der Waals surface area (Å²) in [7, 11) is 1.55. The van der Waals surface area contributed by atoms with Crippen LogP contribution in [0.5, 0.6) is 0 Å². The summed E-state index contributed by atoms with van der Waals surface area (Å²) < 4.78 is 4.89. The number of hydrogen-bond acceptors (Lipinski definition) is 5. The van der Waals surface area contributed by atoms with Crippen molar-refractivity contribution in [2.24, 2.45) is 0 Å². The van der Waals surface area contributed by atoms with Crippen molar-refractivity contribution in [1.82, 2.24) is 0 Å². The zero-order valence-electron chi connectivity index (χ0n) is 10.5. The average molecular weight is 288 g/mol. The largest absolute Gasteiger partial charge is 0.383 e. The van der Waals surface area contributed by atoms with Gasteiger partial charge < -0.3 is 15.4 Å². The second kappa shape index (κ2) is 6.91. The Bertz CT molecular complexity index is 493. The van der Waals surface area contributed by atoms with Gasteiger partial charge in [-0.25, -0.2) is 0 Å². The molecule has 0 aliphatic heterocycles.